The molecule has 0 saturated carbocycles. The van der Waals surface area contributed by atoms with Crippen LogP contribution in [0.25, 0.3) is 0 Å². The van der Waals surface area contributed by atoms with Gasteiger partial charge in [-0.1, -0.05) is 91.9 Å². The van der Waals surface area contributed by atoms with E-state index < -0.39 is 6.10 Å². The summed E-state index contributed by atoms with van der Waals surface area (Å²) < 4.78 is 17.0. The number of nitrogens with zero attached hydrogens (tertiary/aromatic N) is 1. The van der Waals surface area contributed by atoms with Crippen molar-refractivity contribution >= 4 is 5.97 Å². The van der Waals surface area contributed by atoms with E-state index in [1.54, 1.807) is 6.92 Å². The van der Waals surface area contributed by atoms with Crippen molar-refractivity contribution in [1.29, 1.82) is 0 Å². The molecule has 0 heterocycles. The molecule has 0 bridgehead atoms. The number of carbonyl (C=O) groups excluding carboxylic acids is 1. The Morgan fingerprint density at radius 3 is 2.27 bits per heavy atom. The first kappa shape index (κ1) is 31.5. The number of hydrogen-bond acceptors (Lipinski definition) is 5. The third kappa shape index (κ3) is 7.58. The van der Waals surface area contributed by atoms with Gasteiger partial charge in [-0.3, -0.25) is 4.90 Å². The van der Waals surface area contributed by atoms with Gasteiger partial charge in [0.2, 0.25) is 0 Å². The molecule has 3 unspecified atom stereocenters. The number of fused-ring (bicyclic) bond motifs is 2. The molecule has 0 aliphatic heterocycles. The zero-order chi connectivity index (χ0) is 30.9. The van der Waals surface area contributed by atoms with Gasteiger partial charge < -0.3 is 14.2 Å². The molecule has 230 valence electrons. The maximum atomic E-state index is 12.2. The second-order valence-corrected chi connectivity index (χ2v) is 11.6. The maximum Gasteiger partial charge on any atom is 0.335 e. The Kier molecular flexibility index (Phi) is 10.9. The number of aryl methyl sites for hydroxylation is 2. The molecule has 0 fully saturated rings. The highest BCUT2D eigenvalue weighted by atomic mass is 16.6. The minimum absolute atomic E-state index is 0.161. The summed E-state index contributed by atoms with van der Waals surface area (Å²) in [5.74, 6) is 0.840. The molecular formula is C39H45NO4. The predicted octanol–water partition coefficient (Wildman–Crippen LogP) is 7.55. The lowest BCUT2D eigenvalue weighted by molar-refractivity contribution is -0.156. The summed E-state index contributed by atoms with van der Waals surface area (Å²) in [7, 11) is 2.20. The topological polar surface area (TPSA) is 48.0 Å². The minimum atomic E-state index is -0.594. The largest absolute Gasteiger partial charge is 0.492 e. The van der Waals surface area contributed by atoms with E-state index in [1.165, 1.54) is 33.4 Å². The molecule has 1 aliphatic rings. The van der Waals surface area contributed by atoms with Crippen LogP contribution in [0.15, 0.2) is 97.1 Å². The number of rotatable bonds is 13. The van der Waals surface area contributed by atoms with E-state index >= 15 is 0 Å². The molecule has 0 N–H and O–H groups in total. The predicted molar refractivity (Wildman–Crippen MR) is 176 cm³/mol. The number of likely N-dealkylation sites (N-methyl/N-ethyl adjacent to an activating group) is 1. The first-order valence-electron chi connectivity index (χ1n) is 15.9. The molecule has 0 aromatic heterocycles. The van der Waals surface area contributed by atoms with Crippen molar-refractivity contribution in [2.24, 2.45) is 0 Å². The highest BCUT2D eigenvalue weighted by Gasteiger charge is 2.27. The van der Waals surface area contributed by atoms with Crippen LogP contribution in [0.4, 0.5) is 0 Å². The van der Waals surface area contributed by atoms with Crippen molar-refractivity contribution in [2.75, 3.05) is 33.4 Å². The van der Waals surface area contributed by atoms with Gasteiger partial charge in [0.05, 0.1) is 12.6 Å². The summed E-state index contributed by atoms with van der Waals surface area (Å²) in [6.45, 7) is 8.14. The van der Waals surface area contributed by atoms with Crippen molar-refractivity contribution in [3.05, 3.63) is 136 Å². The van der Waals surface area contributed by atoms with Crippen molar-refractivity contribution < 1.29 is 19.0 Å². The summed E-state index contributed by atoms with van der Waals surface area (Å²) in [5.41, 5.74) is 9.34. The number of ether oxygens (including phenoxy) is 3. The van der Waals surface area contributed by atoms with Crippen LogP contribution in [0.5, 0.6) is 5.75 Å². The summed E-state index contributed by atoms with van der Waals surface area (Å²) in [6, 6.07) is 34.9. The Labute approximate surface area is 262 Å². The lowest BCUT2D eigenvalue weighted by Crippen LogP contribution is -2.30. The first-order chi connectivity index (χ1) is 21.5. The van der Waals surface area contributed by atoms with Gasteiger partial charge >= 0.3 is 5.97 Å². The average Bonchev–Trinajstić information content (AvgIpc) is 3.22. The normalized spacial score (nSPS) is 15.5. The van der Waals surface area contributed by atoms with Crippen molar-refractivity contribution in [2.45, 2.75) is 58.1 Å². The third-order valence-electron chi connectivity index (χ3n) is 8.69. The zero-order valence-electron chi connectivity index (χ0n) is 26.5. The van der Waals surface area contributed by atoms with Gasteiger partial charge in [0.1, 0.15) is 12.4 Å². The lowest BCUT2D eigenvalue weighted by Gasteiger charge is -2.31. The van der Waals surface area contributed by atoms with E-state index in [4.69, 9.17) is 14.2 Å². The van der Waals surface area contributed by atoms with E-state index in [2.05, 4.69) is 91.7 Å². The fraction of sp³-hybridized carbons (Fsp3) is 0.359. The van der Waals surface area contributed by atoms with Gasteiger partial charge in [-0.15, -0.1) is 0 Å². The van der Waals surface area contributed by atoms with Crippen LogP contribution in [0.1, 0.15) is 71.7 Å². The monoisotopic (exact) mass is 591 g/mol. The van der Waals surface area contributed by atoms with Crippen LogP contribution in [0, 0.1) is 0 Å². The molecule has 4 aromatic rings. The average molecular weight is 592 g/mol. The standard InChI is InChI=1S/C39H45NO4/c1-5-42-37(39(41)43-6-2)26-29-16-21-34(22-17-29)44-25-24-40(4)38-35-15-11-10-14-31(35)18-19-33-27-32(20-23-36(33)38)28(3)30-12-8-7-9-13-30/h7-17,20-23,27-28,37-38H,5-6,18-19,24-26H2,1-4H3. The summed E-state index contributed by atoms with van der Waals surface area (Å²) in [5, 5.41) is 0. The second kappa shape index (κ2) is 15.2. The summed E-state index contributed by atoms with van der Waals surface area (Å²) in [4.78, 5) is 14.7. The molecule has 0 radical (unpaired) electrons. The number of esters is 1. The van der Waals surface area contributed by atoms with Crippen LogP contribution < -0.4 is 4.74 Å². The molecule has 5 heteroatoms. The SMILES string of the molecule is CCOC(=O)C(Cc1ccc(OCCN(C)C2c3ccccc3CCc3cc(C(C)c4ccccc4)ccc32)cc1)OCC. The Morgan fingerprint density at radius 1 is 0.818 bits per heavy atom. The molecular weight excluding hydrogens is 546 g/mol. The lowest BCUT2D eigenvalue weighted by atomic mass is 9.87. The fourth-order valence-electron chi connectivity index (χ4n) is 6.27. The Bertz CT molecular complexity index is 1500. The van der Waals surface area contributed by atoms with Crippen LogP contribution in [0.2, 0.25) is 0 Å². The molecule has 0 saturated heterocycles. The van der Waals surface area contributed by atoms with Gasteiger partial charge in [0, 0.05) is 25.5 Å². The van der Waals surface area contributed by atoms with Gasteiger partial charge in [0.15, 0.2) is 6.10 Å². The number of carbonyl (C=O) groups is 1. The van der Waals surface area contributed by atoms with E-state index in [1.807, 2.05) is 31.2 Å². The van der Waals surface area contributed by atoms with Crippen molar-refractivity contribution in [3.8, 4) is 5.75 Å². The van der Waals surface area contributed by atoms with Gasteiger partial charge in [-0.2, -0.15) is 0 Å². The van der Waals surface area contributed by atoms with Gasteiger partial charge in [-0.25, -0.2) is 4.79 Å². The fourth-order valence-corrected chi connectivity index (χ4v) is 6.27. The summed E-state index contributed by atoms with van der Waals surface area (Å²) >= 11 is 0. The molecule has 3 atom stereocenters. The quantitative estimate of drug-likeness (QED) is 0.150. The van der Waals surface area contributed by atoms with Crippen LogP contribution in [0.3, 0.4) is 0 Å². The summed E-state index contributed by atoms with van der Waals surface area (Å²) in [6.07, 6.45) is 1.96. The third-order valence-corrected chi connectivity index (χ3v) is 8.69. The van der Waals surface area contributed by atoms with Gasteiger partial charge in [-0.05, 0) is 84.8 Å². The molecule has 4 aromatic carbocycles. The highest BCUT2D eigenvalue weighted by Crippen LogP contribution is 2.38. The molecule has 0 spiro atoms. The number of hydrogen-bond donors (Lipinski definition) is 0. The zero-order valence-corrected chi connectivity index (χ0v) is 26.5. The molecule has 44 heavy (non-hydrogen) atoms. The van der Waals surface area contributed by atoms with Crippen molar-refractivity contribution in [3.63, 3.8) is 0 Å². The number of benzene rings is 4. The molecule has 0 amide bonds. The molecule has 5 rings (SSSR count). The van der Waals surface area contributed by atoms with E-state index in [9.17, 15) is 4.79 Å². The first-order valence-corrected chi connectivity index (χ1v) is 15.9. The van der Waals surface area contributed by atoms with Crippen molar-refractivity contribution in [1.82, 2.24) is 4.90 Å². The van der Waals surface area contributed by atoms with Crippen LogP contribution in [-0.4, -0.2) is 50.4 Å². The maximum absolute atomic E-state index is 12.2. The smallest absolute Gasteiger partial charge is 0.335 e. The molecule has 5 nitrogen and oxygen atoms in total. The highest BCUT2D eigenvalue weighted by molar-refractivity contribution is 5.75. The van der Waals surface area contributed by atoms with Crippen LogP contribution >= 0.6 is 0 Å². The van der Waals surface area contributed by atoms with E-state index in [0.29, 0.717) is 32.2 Å². The second-order valence-electron chi connectivity index (χ2n) is 11.6. The minimum Gasteiger partial charge on any atom is -0.492 e. The van der Waals surface area contributed by atoms with Crippen LogP contribution in [-0.2, 0) is 33.5 Å². The molecule has 1 aliphatic carbocycles. The Morgan fingerprint density at radius 2 is 1.52 bits per heavy atom. The Hall–Kier alpha value is -3.93. The Balaban J connectivity index is 1.27. The van der Waals surface area contributed by atoms with E-state index in [-0.39, 0.29) is 12.0 Å². The van der Waals surface area contributed by atoms with E-state index in [0.717, 1.165) is 30.7 Å². The van der Waals surface area contributed by atoms with Gasteiger partial charge in [0.25, 0.3) is 0 Å².